The molecule has 0 fully saturated rings. The molecule has 0 bridgehead atoms. The third kappa shape index (κ3) is 3.53. The summed E-state index contributed by atoms with van der Waals surface area (Å²) in [5, 5.41) is 13.7. The Morgan fingerprint density at radius 3 is 2.89 bits per heavy atom. The second-order valence-corrected chi connectivity index (χ2v) is 6.67. The van der Waals surface area contributed by atoms with E-state index in [9.17, 15) is 10.1 Å². The molecule has 1 aliphatic rings. The number of halogens is 1. The zero-order valence-corrected chi connectivity index (χ0v) is 15.5. The number of H-pyrrole nitrogens is 1. The summed E-state index contributed by atoms with van der Waals surface area (Å²) in [6.07, 6.45) is 4.04. The van der Waals surface area contributed by atoms with Gasteiger partial charge in [-0.2, -0.15) is 5.26 Å². The number of aromatic nitrogens is 1. The Bertz CT molecular complexity index is 1130. The van der Waals surface area contributed by atoms with Gasteiger partial charge in [0.2, 0.25) is 6.79 Å². The third-order valence-corrected chi connectivity index (χ3v) is 4.84. The number of rotatable bonds is 5. The monoisotopic (exact) mass is 393 g/mol. The SMILES string of the molecule is N#C/C(=C\c1cc2c(cc1Cl)OCO2)C(=O)NCCc1c[nH]c2ccccc12. The molecule has 140 valence electrons. The number of carbonyl (C=O) groups excluding carboxylic acids is 1. The lowest BCUT2D eigenvalue weighted by Gasteiger charge is -2.05. The predicted molar refractivity (Wildman–Crippen MR) is 106 cm³/mol. The molecule has 3 aromatic rings. The number of nitriles is 1. The van der Waals surface area contributed by atoms with E-state index in [1.165, 1.54) is 6.08 Å². The number of nitrogens with zero attached hydrogens (tertiary/aromatic N) is 1. The Balaban J connectivity index is 1.44. The largest absolute Gasteiger partial charge is 0.454 e. The van der Waals surface area contributed by atoms with E-state index in [0.717, 1.165) is 16.5 Å². The summed E-state index contributed by atoms with van der Waals surface area (Å²) < 4.78 is 10.6. The number of fused-ring (bicyclic) bond motifs is 2. The summed E-state index contributed by atoms with van der Waals surface area (Å²) in [4.78, 5) is 15.6. The van der Waals surface area contributed by atoms with Crippen molar-refractivity contribution in [2.24, 2.45) is 0 Å². The van der Waals surface area contributed by atoms with Crippen LogP contribution in [0.5, 0.6) is 11.5 Å². The van der Waals surface area contributed by atoms with Crippen LogP contribution in [-0.4, -0.2) is 24.2 Å². The fourth-order valence-corrected chi connectivity index (χ4v) is 3.30. The second-order valence-electron chi connectivity index (χ2n) is 6.26. The van der Waals surface area contributed by atoms with Crippen molar-refractivity contribution in [3.05, 3.63) is 64.3 Å². The highest BCUT2D eigenvalue weighted by molar-refractivity contribution is 6.32. The minimum absolute atomic E-state index is 0.0281. The molecule has 1 amide bonds. The molecule has 0 saturated heterocycles. The van der Waals surface area contributed by atoms with Crippen LogP contribution in [0.4, 0.5) is 0 Å². The van der Waals surface area contributed by atoms with E-state index in [2.05, 4.69) is 10.3 Å². The molecule has 2 aromatic carbocycles. The molecule has 1 aliphatic heterocycles. The first kappa shape index (κ1) is 18.0. The first-order valence-corrected chi connectivity index (χ1v) is 9.07. The van der Waals surface area contributed by atoms with Crippen molar-refractivity contribution in [1.29, 1.82) is 5.26 Å². The predicted octanol–water partition coefficient (Wildman–Crippen LogP) is 3.82. The summed E-state index contributed by atoms with van der Waals surface area (Å²) >= 11 is 6.22. The lowest BCUT2D eigenvalue weighted by molar-refractivity contribution is -0.117. The highest BCUT2D eigenvalue weighted by Gasteiger charge is 2.17. The summed E-state index contributed by atoms with van der Waals surface area (Å²) in [6.45, 7) is 0.535. The van der Waals surface area contributed by atoms with Gasteiger partial charge in [0.05, 0.1) is 5.02 Å². The van der Waals surface area contributed by atoms with Crippen LogP contribution in [0.3, 0.4) is 0 Å². The lowest BCUT2D eigenvalue weighted by atomic mass is 10.1. The highest BCUT2D eigenvalue weighted by Crippen LogP contribution is 2.37. The van der Waals surface area contributed by atoms with E-state index in [1.807, 2.05) is 36.5 Å². The number of ether oxygens (including phenoxy) is 2. The highest BCUT2D eigenvalue weighted by atomic mass is 35.5. The first-order chi connectivity index (χ1) is 13.7. The molecular formula is C21H16ClN3O3. The Kier molecular flexibility index (Phi) is 4.92. The van der Waals surface area contributed by atoms with Crippen molar-refractivity contribution in [3.8, 4) is 17.6 Å². The summed E-state index contributed by atoms with van der Waals surface area (Å²) in [6, 6.07) is 13.2. The van der Waals surface area contributed by atoms with Crippen molar-refractivity contribution in [2.75, 3.05) is 13.3 Å². The van der Waals surface area contributed by atoms with E-state index in [1.54, 1.807) is 12.1 Å². The lowest BCUT2D eigenvalue weighted by Crippen LogP contribution is -2.26. The van der Waals surface area contributed by atoms with Gasteiger partial charge in [0.25, 0.3) is 5.91 Å². The van der Waals surface area contributed by atoms with E-state index < -0.39 is 5.91 Å². The molecule has 7 heteroatoms. The molecule has 0 atom stereocenters. The molecule has 0 aliphatic carbocycles. The van der Waals surface area contributed by atoms with Crippen LogP contribution in [0.1, 0.15) is 11.1 Å². The third-order valence-electron chi connectivity index (χ3n) is 4.51. The van der Waals surface area contributed by atoms with E-state index in [-0.39, 0.29) is 12.4 Å². The van der Waals surface area contributed by atoms with Crippen molar-refractivity contribution >= 4 is 34.5 Å². The average Bonchev–Trinajstić information content (AvgIpc) is 3.32. The summed E-state index contributed by atoms with van der Waals surface area (Å²) in [7, 11) is 0. The van der Waals surface area contributed by atoms with E-state index in [4.69, 9.17) is 21.1 Å². The number of benzene rings is 2. The van der Waals surface area contributed by atoms with Gasteiger partial charge in [-0.05, 0) is 35.8 Å². The van der Waals surface area contributed by atoms with Crippen LogP contribution < -0.4 is 14.8 Å². The summed E-state index contributed by atoms with van der Waals surface area (Å²) in [5.41, 5.74) is 2.66. The second kappa shape index (κ2) is 7.67. The minimum Gasteiger partial charge on any atom is -0.454 e. The maximum Gasteiger partial charge on any atom is 0.261 e. The van der Waals surface area contributed by atoms with Crippen molar-refractivity contribution in [3.63, 3.8) is 0 Å². The van der Waals surface area contributed by atoms with Crippen LogP contribution in [0.2, 0.25) is 5.02 Å². The molecule has 0 saturated carbocycles. The van der Waals surface area contributed by atoms with Crippen LogP contribution in [-0.2, 0) is 11.2 Å². The molecule has 2 heterocycles. The zero-order chi connectivity index (χ0) is 19.5. The van der Waals surface area contributed by atoms with Crippen LogP contribution in [0, 0.1) is 11.3 Å². The van der Waals surface area contributed by atoms with Gasteiger partial charge in [0.15, 0.2) is 11.5 Å². The fraction of sp³-hybridized carbons (Fsp3) is 0.143. The van der Waals surface area contributed by atoms with Crippen molar-refractivity contribution in [1.82, 2.24) is 10.3 Å². The van der Waals surface area contributed by atoms with Crippen molar-refractivity contribution in [2.45, 2.75) is 6.42 Å². The normalized spacial score (nSPS) is 12.8. The maximum absolute atomic E-state index is 12.4. The van der Waals surface area contributed by atoms with Gasteiger partial charge in [-0.15, -0.1) is 0 Å². The van der Waals surface area contributed by atoms with Crippen LogP contribution in [0.25, 0.3) is 17.0 Å². The zero-order valence-electron chi connectivity index (χ0n) is 14.8. The van der Waals surface area contributed by atoms with Crippen LogP contribution in [0.15, 0.2) is 48.2 Å². The topological polar surface area (TPSA) is 87.1 Å². The number of hydrogen-bond acceptors (Lipinski definition) is 4. The van der Waals surface area contributed by atoms with E-state index in [0.29, 0.717) is 35.1 Å². The number of aromatic amines is 1. The molecule has 6 nitrogen and oxygen atoms in total. The standard InChI is InChI=1S/C21H16ClN3O3/c22-17-9-20-19(27-12-28-20)8-14(17)7-15(10-23)21(26)24-6-5-13-11-25-18-4-2-1-3-16(13)18/h1-4,7-9,11,25H,5-6,12H2,(H,24,26)/b15-7+. The Morgan fingerprint density at radius 1 is 1.29 bits per heavy atom. The maximum atomic E-state index is 12.4. The number of nitrogens with one attached hydrogen (secondary N) is 2. The van der Waals surface area contributed by atoms with Gasteiger partial charge in [0, 0.05) is 29.7 Å². The Morgan fingerprint density at radius 2 is 2.07 bits per heavy atom. The Labute approximate surface area is 166 Å². The Hall–Kier alpha value is -3.43. The number of amides is 1. The van der Waals surface area contributed by atoms with Gasteiger partial charge in [0.1, 0.15) is 11.6 Å². The van der Waals surface area contributed by atoms with Gasteiger partial charge in [-0.1, -0.05) is 29.8 Å². The van der Waals surface area contributed by atoms with Gasteiger partial charge >= 0.3 is 0 Å². The molecular weight excluding hydrogens is 378 g/mol. The van der Waals surface area contributed by atoms with Crippen LogP contribution >= 0.6 is 11.6 Å². The number of hydrogen-bond donors (Lipinski definition) is 2. The molecule has 28 heavy (non-hydrogen) atoms. The first-order valence-electron chi connectivity index (χ1n) is 8.70. The van der Waals surface area contributed by atoms with Gasteiger partial charge in [-0.25, -0.2) is 0 Å². The van der Waals surface area contributed by atoms with Crippen molar-refractivity contribution < 1.29 is 14.3 Å². The molecule has 1 aromatic heterocycles. The molecule has 0 spiro atoms. The van der Waals surface area contributed by atoms with Gasteiger partial charge < -0.3 is 19.8 Å². The molecule has 0 radical (unpaired) electrons. The summed E-state index contributed by atoms with van der Waals surface area (Å²) in [5.74, 6) is 0.632. The molecule has 2 N–H and O–H groups in total. The molecule has 0 unspecified atom stereocenters. The number of carbonyl (C=O) groups is 1. The average molecular weight is 394 g/mol. The van der Waals surface area contributed by atoms with E-state index >= 15 is 0 Å². The quantitative estimate of drug-likeness (QED) is 0.509. The number of para-hydroxylation sites is 1. The minimum atomic E-state index is -0.448. The van der Waals surface area contributed by atoms with Gasteiger partial charge in [-0.3, -0.25) is 4.79 Å². The fourth-order valence-electron chi connectivity index (χ4n) is 3.09. The smallest absolute Gasteiger partial charge is 0.261 e. The molecule has 4 rings (SSSR count).